The summed E-state index contributed by atoms with van der Waals surface area (Å²) in [7, 11) is 0. The van der Waals surface area contributed by atoms with Gasteiger partial charge in [0.2, 0.25) is 0 Å². The Kier molecular flexibility index (Phi) is 5.50. The first-order chi connectivity index (χ1) is 10.2. The molecule has 2 aromatic heterocycles. The minimum atomic E-state index is -0.150. The number of nitrogens with one attached hydrogen (secondary N) is 1. The molecule has 1 unspecified atom stereocenters. The van der Waals surface area contributed by atoms with Crippen LogP contribution in [0.25, 0.3) is 0 Å². The highest BCUT2D eigenvalue weighted by Gasteiger charge is 2.13. The van der Waals surface area contributed by atoms with Gasteiger partial charge in [-0.25, -0.2) is 0 Å². The summed E-state index contributed by atoms with van der Waals surface area (Å²) in [5, 5.41) is 13.4. The van der Waals surface area contributed by atoms with Crippen LogP contribution in [0.3, 0.4) is 0 Å². The van der Waals surface area contributed by atoms with Gasteiger partial charge in [-0.1, -0.05) is 17.9 Å². The summed E-state index contributed by atoms with van der Waals surface area (Å²) >= 11 is 1.42. The molecule has 2 rings (SSSR count). The number of hydrogen-bond donors (Lipinski definition) is 2. The average Bonchev–Trinajstić information content (AvgIpc) is 2.97. The van der Waals surface area contributed by atoms with Crippen molar-refractivity contribution in [2.75, 3.05) is 6.61 Å². The van der Waals surface area contributed by atoms with Crippen molar-refractivity contribution in [2.24, 2.45) is 0 Å². The molecule has 0 aliphatic heterocycles. The third kappa shape index (κ3) is 4.42. The fraction of sp³-hybridized carbons (Fsp3) is 0.250. The summed E-state index contributed by atoms with van der Waals surface area (Å²) in [5.74, 6) is 5.62. The van der Waals surface area contributed by atoms with Crippen LogP contribution >= 0.6 is 11.3 Å². The van der Waals surface area contributed by atoms with Gasteiger partial charge >= 0.3 is 0 Å². The van der Waals surface area contributed by atoms with E-state index in [0.717, 1.165) is 10.6 Å². The van der Waals surface area contributed by atoms with Gasteiger partial charge in [-0.3, -0.25) is 9.78 Å². The number of rotatable bonds is 4. The van der Waals surface area contributed by atoms with E-state index in [2.05, 4.69) is 22.1 Å². The van der Waals surface area contributed by atoms with Gasteiger partial charge < -0.3 is 10.4 Å². The first-order valence-corrected chi connectivity index (χ1v) is 7.48. The number of pyridine rings is 1. The number of carbonyl (C=O) groups is 1. The predicted octanol–water partition coefficient (Wildman–Crippen LogP) is 2.37. The second-order valence-electron chi connectivity index (χ2n) is 4.42. The minimum Gasteiger partial charge on any atom is -0.395 e. The van der Waals surface area contributed by atoms with E-state index in [0.29, 0.717) is 12.0 Å². The average molecular weight is 300 g/mol. The lowest BCUT2D eigenvalue weighted by Crippen LogP contribution is -2.26. The van der Waals surface area contributed by atoms with Crippen molar-refractivity contribution < 1.29 is 9.90 Å². The normalized spacial score (nSPS) is 11.3. The second kappa shape index (κ2) is 7.58. The lowest BCUT2D eigenvalue weighted by Gasteiger charge is -2.12. The molecule has 2 heterocycles. The lowest BCUT2D eigenvalue weighted by atomic mass is 10.2. The Balaban J connectivity index is 1.99. The Morgan fingerprint density at radius 2 is 2.38 bits per heavy atom. The van der Waals surface area contributed by atoms with Crippen LogP contribution in [0.1, 0.15) is 40.3 Å². The van der Waals surface area contributed by atoms with E-state index in [1.54, 1.807) is 17.6 Å². The van der Waals surface area contributed by atoms with Gasteiger partial charge in [0.15, 0.2) is 0 Å². The maximum absolute atomic E-state index is 12.2. The molecule has 0 saturated heterocycles. The van der Waals surface area contributed by atoms with Gasteiger partial charge in [-0.2, -0.15) is 0 Å². The van der Waals surface area contributed by atoms with E-state index in [9.17, 15) is 4.79 Å². The number of nitrogens with zero attached hydrogens (tertiary/aromatic N) is 1. The zero-order valence-corrected chi connectivity index (χ0v) is 12.5. The fourth-order valence-corrected chi connectivity index (χ4v) is 2.47. The van der Waals surface area contributed by atoms with Crippen LogP contribution in [0, 0.1) is 11.8 Å². The van der Waals surface area contributed by atoms with Crippen LogP contribution in [-0.2, 0) is 0 Å². The number of carbonyl (C=O) groups excluding carboxylic acids is 1. The van der Waals surface area contributed by atoms with Gasteiger partial charge in [0.1, 0.15) is 0 Å². The van der Waals surface area contributed by atoms with Crippen LogP contribution in [0.5, 0.6) is 0 Å². The molecular formula is C16H16N2O2S. The number of thiophene rings is 1. The van der Waals surface area contributed by atoms with Gasteiger partial charge in [0.25, 0.3) is 5.91 Å². The van der Waals surface area contributed by atoms with Crippen molar-refractivity contribution in [3.8, 4) is 11.8 Å². The first-order valence-electron chi connectivity index (χ1n) is 6.60. The molecular weight excluding hydrogens is 284 g/mol. The van der Waals surface area contributed by atoms with Crippen LogP contribution in [0.2, 0.25) is 0 Å². The van der Waals surface area contributed by atoms with Crippen LogP contribution < -0.4 is 5.32 Å². The molecule has 108 valence electrons. The van der Waals surface area contributed by atoms with Crippen molar-refractivity contribution >= 4 is 17.2 Å². The molecule has 5 heteroatoms. The monoisotopic (exact) mass is 300 g/mol. The number of hydrogen-bond acceptors (Lipinski definition) is 4. The van der Waals surface area contributed by atoms with Gasteiger partial charge in [0, 0.05) is 18.0 Å². The molecule has 2 N–H and O–H groups in total. The Bertz CT molecular complexity index is 656. The maximum Gasteiger partial charge on any atom is 0.252 e. The summed E-state index contributed by atoms with van der Waals surface area (Å²) in [6, 6.07) is 7.22. The quantitative estimate of drug-likeness (QED) is 0.852. The van der Waals surface area contributed by atoms with Crippen molar-refractivity contribution in [3.05, 3.63) is 52.0 Å². The van der Waals surface area contributed by atoms with E-state index < -0.39 is 0 Å². The molecule has 0 spiro atoms. The standard InChI is InChI=1S/C16H16N2O2S/c1-12(15-7-2-4-8-17-15)18-16(20)13-10-14(21-11-13)6-3-5-9-19/h2,4,7-8,10-12,19H,5,9H2,1H3,(H,18,20). The molecule has 0 bridgehead atoms. The Labute approximate surface area is 127 Å². The summed E-state index contributed by atoms with van der Waals surface area (Å²) in [4.78, 5) is 17.2. The van der Waals surface area contributed by atoms with Crippen molar-refractivity contribution in [1.29, 1.82) is 0 Å². The van der Waals surface area contributed by atoms with Crippen LogP contribution in [-0.4, -0.2) is 22.6 Å². The summed E-state index contributed by atoms with van der Waals surface area (Å²) < 4.78 is 0. The van der Waals surface area contributed by atoms with E-state index in [1.807, 2.05) is 25.1 Å². The summed E-state index contributed by atoms with van der Waals surface area (Å²) in [6.45, 7) is 1.95. The number of amides is 1. The van der Waals surface area contributed by atoms with Gasteiger partial charge in [-0.05, 0) is 25.1 Å². The Morgan fingerprint density at radius 1 is 1.52 bits per heavy atom. The Hall–Kier alpha value is -2.16. The third-order valence-electron chi connectivity index (χ3n) is 2.79. The second-order valence-corrected chi connectivity index (χ2v) is 5.34. The minimum absolute atomic E-state index is 0.0489. The van der Waals surface area contributed by atoms with Crippen LogP contribution in [0.15, 0.2) is 35.8 Å². The highest BCUT2D eigenvalue weighted by molar-refractivity contribution is 7.10. The van der Waals surface area contributed by atoms with Gasteiger partial charge in [-0.15, -0.1) is 11.3 Å². The molecule has 0 radical (unpaired) electrons. The Morgan fingerprint density at radius 3 is 3.10 bits per heavy atom. The van der Waals surface area contributed by atoms with Crippen molar-refractivity contribution in [3.63, 3.8) is 0 Å². The molecule has 1 amide bonds. The highest BCUT2D eigenvalue weighted by Crippen LogP contribution is 2.15. The largest absolute Gasteiger partial charge is 0.395 e. The third-order valence-corrected chi connectivity index (χ3v) is 3.63. The first kappa shape index (κ1) is 15.2. The molecule has 0 aromatic carbocycles. The number of aliphatic hydroxyl groups is 1. The molecule has 0 saturated carbocycles. The van der Waals surface area contributed by atoms with E-state index in [-0.39, 0.29) is 18.6 Å². The van der Waals surface area contributed by atoms with Crippen molar-refractivity contribution in [2.45, 2.75) is 19.4 Å². The maximum atomic E-state index is 12.2. The molecule has 0 aliphatic rings. The SMILES string of the molecule is CC(NC(=O)c1csc(C#CCCO)c1)c1ccccn1. The van der Waals surface area contributed by atoms with Crippen molar-refractivity contribution in [1.82, 2.24) is 10.3 Å². The molecule has 2 aromatic rings. The van der Waals surface area contributed by atoms with E-state index in [4.69, 9.17) is 5.11 Å². The molecule has 1 atom stereocenters. The lowest BCUT2D eigenvalue weighted by molar-refractivity contribution is 0.0939. The molecule has 0 aliphatic carbocycles. The predicted molar refractivity (Wildman–Crippen MR) is 83.0 cm³/mol. The van der Waals surface area contributed by atoms with E-state index in [1.165, 1.54) is 11.3 Å². The smallest absolute Gasteiger partial charge is 0.252 e. The zero-order valence-electron chi connectivity index (χ0n) is 11.7. The molecule has 4 nitrogen and oxygen atoms in total. The zero-order chi connectivity index (χ0) is 15.1. The topological polar surface area (TPSA) is 62.2 Å². The van der Waals surface area contributed by atoms with Crippen LogP contribution in [0.4, 0.5) is 0 Å². The fourth-order valence-electron chi connectivity index (χ4n) is 1.71. The highest BCUT2D eigenvalue weighted by atomic mass is 32.1. The molecule has 21 heavy (non-hydrogen) atoms. The van der Waals surface area contributed by atoms with E-state index >= 15 is 0 Å². The summed E-state index contributed by atoms with van der Waals surface area (Å²) in [6.07, 6.45) is 2.15. The summed E-state index contributed by atoms with van der Waals surface area (Å²) in [5.41, 5.74) is 1.42. The molecule has 0 fully saturated rings. The number of aliphatic hydroxyl groups excluding tert-OH is 1. The number of aromatic nitrogens is 1. The van der Waals surface area contributed by atoms with Gasteiger partial charge in [0.05, 0.1) is 28.8 Å².